The van der Waals surface area contributed by atoms with Crippen molar-refractivity contribution < 1.29 is 0 Å². The summed E-state index contributed by atoms with van der Waals surface area (Å²) in [6.45, 7) is 6.90. The van der Waals surface area contributed by atoms with Crippen LogP contribution >= 0.6 is 0 Å². The molecule has 0 unspecified atom stereocenters. The minimum absolute atomic E-state index is 0.738. The predicted molar refractivity (Wildman–Crippen MR) is 75.4 cm³/mol. The summed E-state index contributed by atoms with van der Waals surface area (Å²) in [7, 11) is 0. The maximum Gasteiger partial charge on any atom is 0.0312 e. The minimum atomic E-state index is 0.738. The molecular formula is C15H25N3. The van der Waals surface area contributed by atoms with E-state index in [1.165, 1.54) is 50.9 Å². The maximum atomic E-state index is 4.18. The number of rotatable bonds is 6. The number of nitrogens with one attached hydrogen (secondary N) is 1. The van der Waals surface area contributed by atoms with E-state index < -0.39 is 0 Å². The van der Waals surface area contributed by atoms with Crippen LogP contribution in [0.1, 0.15) is 38.2 Å². The average Bonchev–Trinajstić information content (AvgIpc) is 2.42. The average molecular weight is 247 g/mol. The Bertz CT molecular complexity index is 318. The van der Waals surface area contributed by atoms with Crippen LogP contribution in [0.5, 0.6) is 0 Å². The molecule has 1 aliphatic rings. The number of likely N-dealkylation sites (tertiary alicyclic amines) is 1. The maximum absolute atomic E-state index is 4.18. The van der Waals surface area contributed by atoms with E-state index >= 15 is 0 Å². The number of aromatic nitrogens is 1. The second kappa shape index (κ2) is 7.49. The van der Waals surface area contributed by atoms with E-state index in [1.54, 1.807) is 0 Å². The van der Waals surface area contributed by atoms with Crippen LogP contribution in [0, 0.1) is 0 Å². The summed E-state index contributed by atoms with van der Waals surface area (Å²) in [5.41, 5.74) is 1.33. The van der Waals surface area contributed by atoms with Crippen LogP contribution in [0.4, 0.5) is 0 Å². The van der Waals surface area contributed by atoms with Gasteiger partial charge in [-0.15, -0.1) is 0 Å². The number of nitrogens with zero attached hydrogens (tertiary/aromatic N) is 2. The number of piperidine rings is 1. The largest absolute Gasteiger partial charge is 0.314 e. The Balaban J connectivity index is 1.67. The monoisotopic (exact) mass is 247 g/mol. The molecular weight excluding hydrogens is 222 g/mol. The van der Waals surface area contributed by atoms with Gasteiger partial charge in [0.15, 0.2) is 0 Å². The second-order valence-electron chi connectivity index (χ2n) is 5.22. The first-order chi connectivity index (χ1) is 8.88. The highest BCUT2D eigenvalue weighted by molar-refractivity contribution is 5.08. The van der Waals surface area contributed by atoms with Gasteiger partial charge in [-0.25, -0.2) is 0 Å². The van der Waals surface area contributed by atoms with Crippen molar-refractivity contribution in [3.05, 3.63) is 30.1 Å². The fourth-order valence-electron chi connectivity index (χ4n) is 2.53. The molecule has 18 heavy (non-hydrogen) atoms. The molecule has 1 aromatic rings. The van der Waals surface area contributed by atoms with Crippen molar-refractivity contribution in [1.82, 2.24) is 15.2 Å². The van der Waals surface area contributed by atoms with E-state index in [9.17, 15) is 0 Å². The van der Waals surface area contributed by atoms with Gasteiger partial charge in [-0.1, -0.05) is 19.4 Å². The zero-order valence-corrected chi connectivity index (χ0v) is 11.4. The highest BCUT2D eigenvalue weighted by Gasteiger charge is 2.18. The summed E-state index contributed by atoms with van der Waals surface area (Å²) in [5, 5.41) is 3.67. The van der Waals surface area contributed by atoms with Gasteiger partial charge < -0.3 is 5.32 Å². The highest BCUT2D eigenvalue weighted by Crippen LogP contribution is 2.13. The van der Waals surface area contributed by atoms with Crippen LogP contribution in [0.15, 0.2) is 24.5 Å². The number of hydrogen-bond acceptors (Lipinski definition) is 3. The molecule has 0 amide bonds. The van der Waals surface area contributed by atoms with Crippen molar-refractivity contribution in [2.24, 2.45) is 0 Å². The molecule has 2 heterocycles. The van der Waals surface area contributed by atoms with Crippen LogP contribution in [-0.2, 0) is 6.54 Å². The Morgan fingerprint density at radius 3 is 2.89 bits per heavy atom. The third kappa shape index (κ3) is 4.39. The molecule has 3 nitrogen and oxygen atoms in total. The molecule has 3 heteroatoms. The van der Waals surface area contributed by atoms with Crippen LogP contribution < -0.4 is 5.32 Å². The first kappa shape index (κ1) is 13.5. The van der Waals surface area contributed by atoms with Gasteiger partial charge in [0.1, 0.15) is 0 Å². The van der Waals surface area contributed by atoms with Gasteiger partial charge in [0.2, 0.25) is 0 Å². The van der Waals surface area contributed by atoms with Gasteiger partial charge in [-0.05, 0) is 50.5 Å². The molecule has 1 aromatic heterocycles. The van der Waals surface area contributed by atoms with E-state index in [0.717, 1.165) is 12.6 Å². The Hall–Kier alpha value is -0.930. The van der Waals surface area contributed by atoms with Crippen molar-refractivity contribution in [1.29, 1.82) is 0 Å². The van der Waals surface area contributed by atoms with Crippen LogP contribution in [0.3, 0.4) is 0 Å². The van der Waals surface area contributed by atoms with Gasteiger partial charge in [0.05, 0.1) is 0 Å². The Kier molecular flexibility index (Phi) is 5.62. The number of pyridine rings is 1. The molecule has 1 aliphatic heterocycles. The van der Waals surface area contributed by atoms with Gasteiger partial charge in [0.25, 0.3) is 0 Å². The quantitative estimate of drug-likeness (QED) is 0.783. The van der Waals surface area contributed by atoms with Crippen LogP contribution in [0.2, 0.25) is 0 Å². The summed E-state index contributed by atoms with van der Waals surface area (Å²) < 4.78 is 0. The standard InChI is InChI=1S/C15H25N3/c1-2-3-9-17-15-6-10-18(11-7-15)13-14-5-4-8-16-12-14/h4-5,8,12,15,17H,2-3,6-7,9-11,13H2,1H3. The Morgan fingerprint density at radius 1 is 1.39 bits per heavy atom. The molecule has 1 N–H and O–H groups in total. The second-order valence-corrected chi connectivity index (χ2v) is 5.22. The third-order valence-corrected chi connectivity index (χ3v) is 3.68. The lowest BCUT2D eigenvalue weighted by molar-refractivity contribution is 0.190. The molecule has 0 aliphatic carbocycles. The molecule has 2 rings (SSSR count). The molecule has 1 saturated heterocycles. The fourth-order valence-corrected chi connectivity index (χ4v) is 2.53. The molecule has 100 valence electrons. The van der Waals surface area contributed by atoms with Crippen molar-refractivity contribution in [2.45, 2.75) is 45.2 Å². The van der Waals surface area contributed by atoms with E-state index in [2.05, 4.69) is 28.2 Å². The summed E-state index contributed by atoms with van der Waals surface area (Å²) in [4.78, 5) is 6.71. The molecule has 0 aromatic carbocycles. The SMILES string of the molecule is CCCCNC1CCN(Cc2cccnc2)CC1. The Labute approximate surface area is 111 Å². The van der Waals surface area contributed by atoms with Crippen LogP contribution in [-0.4, -0.2) is 35.6 Å². The summed E-state index contributed by atoms with van der Waals surface area (Å²) in [6, 6.07) is 4.93. The molecule has 0 bridgehead atoms. The van der Waals surface area contributed by atoms with Crippen molar-refractivity contribution >= 4 is 0 Å². The fraction of sp³-hybridized carbons (Fsp3) is 0.667. The summed E-state index contributed by atoms with van der Waals surface area (Å²) >= 11 is 0. The summed E-state index contributed by atoms with van der Waals surface area (Å²) in [6.07, 6.45) is 8.97. The highest BCUT2D eigenvalue weighted by atomic mass is 15.1. The van der Waals surface area contributed by atoms with E-state index in [0.29, 0.717) is 0 Å². The van der Waals surface area contributed by atoms with Crippen molar-refractivity contribution in [3.8, 4) is 0 Å². The van der Waals surface area contributed by atoms with Crippen LogP contribution in [0.25, 0.3) is 0 Å². The smallest absolute Gasteiger partial charge is 0.0312 e. The molecule has 0 atom stereocenters. The van der Waals surface area contributed by atoms with Crippen molar-refractivity contribution in [2.75, 3.05) is 19.6 Å². The van der Waals surface area contributed by atoms with E-state index in [-0.39, 0.29) is 0 Å². The van der Waals surface area contributed by atoms with Gasteiger partial charge >= 0.3 is 0 Å². The molecule has 1 fully saturated rings. The zero-order valence-electron chi connectivity index (χ0n) is 11.4. The Morgan fingerprint density at radius 2 is 2.22 bits per heavy atom. The van der Waals surface area contributed by atoms with E-state index in [4.69, 9.17) is 0 Å². The molecule has 0 saturated carbocycles. The lowest BCUT2D eigenvalue weighted by atomic mass is 10.0. The van der Waals surface area contributed by atoms with Gasteiger partial charge in [-0.2, -0.15) is 0 Å². The number of unbranched alkanes of at least 4 members (excludes halogenated alkanes) is 1. The van der Waals surface area contributed by atoms with Gasteiger partial charge in [0, 0.05) is 25.0 Å². The van der Waals surface area contributed by atoms with E-state index in [1.807, 2.05) is 18.5 Å². The molecule has 0 spiro atoms. The zero-order chi connectivity index (χ0) is 12.6. The first-order valence-corrected chi connectivity index (χ1v) is 7.23. The summed E-state index contributed by atoms with van der Waals surface area (Å²) in [5.74, 6) is 0. The first-order valence-electron chi connectivity index (χ1n) is 7.23. The number of hydrogen-bond donors (Lipinski definition) is 1. The minimum Gasteiger partial charge on any atom is -0.314 e. The topological polar surface area (TPSA) is 28.2 Å². The normalized spacial score (nSPS) is 18.1. The predicted octanol–water partition coefficient (Wildman–Crippen LogP) is 2.44. The lowest BCUT2D eigenvalue weighted by Crippen LogP contribution is -2.42. The lowest BCUT2D eigenvalue weighted by Gasteiger charge is -2.32. The third-order valence-electron chi connectivity index (χ3n) is 3.68. The van der Waals surface area contributed by atoms with Gasteiger partial charge in [-0.3, -0.25) is 9.88 Å². The molecule has 0 radical (unpaired) electrons. The van der Waals surface area contributed by atoms with Crippen molar-refractivity contribution in [3.63, 3.8) is 0 Å².